The highest BCUT2D eigenvalue weighted by Gasteiger charge is 2.25. The molecule has 1 aromatic rings. The van der Waals surface area contributed by atoms with Gasteiger partial charge in [0.15, 0.2) is 0 Å². The van der Waals surface area contributed by atoms with Crippen LogP contribution >= 0.6 is 11.6 Å². The molecular weight excluding hydrogens is 314 g/mol. The van der Waals surface area contributed by atoms with E-state index in [0.717, 1.165) is 12.0 Å². The minimum absolute atomic E-state index is 0.0556. The SMILES string of the molecule is CC(C)[C@@H](c1ccccc1Cl)N(C)C(=O)CCCCNC(N)=O. The number of amides is 3. The average Bonchev–Trinajstić information content (AvgIpc) is 2.48. The zero-order valence-corrected chi connectivity index (χ0v) is 14.8. The second-order valence-electron chi connectivity index (χ2n) is 5.96. The van der Waals surface area contributed by atoms with Crippen molar-refractivity contribution in [3.8, 4) is 0 Å². The van der Waals surface area contributed by atoms with Gasteiger partial charge in [-0.1, -0.05) is 43.6 Å². The van der Waals surface area contributed by atoms with E-state index in [1.54, 1.807) is 4.90 Å². The molecule has 23 heavy (non-hydrogen) atoms. The van der Waals surface area contributed by atoms with Gasteiger partial charge in [0, 0.05) is 25.0 Å². The summed E-state index contributed by atoms with van der Waals surface area (Å²) in [6, 6.07) is 7.04. The van der Waals surface area contributed by atoms with Gasteiger partial charge in [-0.25, -0.2) is 4.79 Å². The highest BCUT2D eigenvalue weighted by molar-refractivity contribution is 6.31. The van der Waals surface area contributed by atoms with E-state index in [9.17, 15) is 9.59 Å². The molecule has 0 saturated heterocycles. The summed E-state index contributed by atoms with van der Waals surface area (Å²) in [6.07, 6.45) is 1.86. The highest BCUT2D eigenvalue weighted by atomic mass is 35.5. The van der Waals surface area contributed by atoms with Gasteiger partial charge in [0.2, 0.25) is 5.91 Å². The predicted octanol–water partition coefficient (Wildman–Crippen LogP) is 3.33. The Balaban J connectivity index is 2.64. The molecule has 0 aliphatic carbocycles. The Kier molecular flexibility index (Phi) is 7.89. The Hall–Kier alpha value is -1.75. The molecule has 0 saturated carbocycles. The van der Waals surface area contributed by atoms with Crippen molar-refractivity contribution in [2.45, 2.75) is 39.2 Å². The van der Waals surface area contributed by atoms with Crippen molar-refractivity contribution >= 4 is 23.5 Å². The number of nitrogens with one attached hydrogen (secondary N) is 1. The molecule has 3 N–H and O–H groups in total. The third-order valence-electron chi connectivity index (χ3n) is 3.78. The maximum Gasteiger partial charge on any atom is 0.312 e. The van der Waals surface area contributed by atoms with Gasteiger partial charge < -0.3 is 16.0 Å². The second-order valence-corrected chi connectivity index (χ2v) is 6.37. The number of carbonyl (C=O) groups is 2. The van der Waals surface area contributed by atoms with Crippen LogP contribution in [0.4, 0.5) is 4.79 Å². The summed E-state index contributed by atoms with van der Waals surface area (Å²) < 4.78 is 0. The van der Waals surface area contributed by atoms with Gasteiger partial charge in [0.1, 0.15) is 0 Å². The summed E-state index contributed by atoms with van der Waals surface area (Å²) in [5.74, 6) is 0.322. The molecule has 6 heteroatoms. The highest BCUT2D eigenvalue weighted by Crippen LogP contribution is 2.32. The first-order chi connectivity index (χ1) is 10.8. The lowest BCUT2D eigenvalue weighted by atomic mass is 9.94. The van der Waals surface area contributed by atoms with Gasteiger partial charge >= 0.3 is 6.03 Å². The maximum absolute atomic E-state index is 12.4. The van der Waals surface area contributed by atoms with Gasteiger partial charge in [-0.15, -0.1) is 0 Å². The summed E-state index contributed by atoms with van der Waals surface area (Å²) in [5.41, 5.74) is 5.96. The number of primary amides is 1. The van der Waals surface area contributed by atoms with Crippen LogP contribution in [-0.4, -0.2) is 30.4 Å². The van der Waals surface area contributed by atoms with E-state index in [0.29, 0.717) is 24.4 Å². The van der Waals surface area contributed by atoms with Crippen LogP contribution in [0.15, 0.2) is 24.3 Å². The van der Waals surface area contributed by atoms with Crippen LogP contribution in [0.3, 0.4) is 0 Å². The van der Waals surface area contributed by atoms with Gasteiger partial charge in [-0.05, 0) is 30.4 Å². The molecule has 0 aromatic heterocycles. The van der Waals surface area contributed by atoms with Crippen LogP contribution in [0, 0.1) is 5.92 Å². The van der Waals surface area contributed by atoms with Crippen molar-refractivity contribution in [1.29, 1.82) is 0 Å². The standard InChI is InChI=1S/C17H26ClN3O2/c1-12(2)16(13-8-4-5-9-14(13)18)21(3)15(22)10-6-7-11-20-17(19)23/h4-5,8-9,12,16H,6-7,10-11H2,1-3H3,(H3,19,20,23)/t16-/m0/s1. The Bertz CT molecular complexity index is 534. The number of benzene rings is 1. The minimum atomic E-state index is -0.535. The van der Waals surface area contributed by atoms with Crippen molar-refractivity contribution < 1.29 is 9.59 Å². The van der Waals surface area contributed by atoms with Crippen molar-refractivity contribution in [2.75, 3.05) is 13.6 Å². The lowest BCUT2D eigenvalue weighted by Gasteiger charge is -2.32. The smallest absolute Gasteiger partial charge is 0.312 e. The van der Waals surface area contributed by atoms with Crippen LogP contribution in [-0.2, 0) is 4.79 Å². The van der Waals surface area contributed by atoms with E-state index >= 15 is 0 Å². The Morgan fingerprint density at radius 1 is 1.26 bits per heavy atom. The van der Waals surface area contributed by atoms with E-state index in [1.165, 1.54) is 0 Å². The fourth-order valence-corrected chi connectivity index (χ4v) is 2.92. The summed E-state index contributed by atoms with van der Waals surface area (Å²) in [7, 11) is 1.82. The molecule has 1 aromatic carbocycles. The summed E-state index contributed by atoms with van der Waals surface area (Å²) in [5, 5.41) is 3.20. The van der Waals surface area contributed by atoms with Gasteiger partial charge in [-0.3, -0.25) is 4.79 Å². The molecule has 0 fully saturated rings. The quantitative estimate of drug-likeness (QED) is 0.713. The van der Waals surface area contributed by atoms with Crippen molar-refractivity contribution in [3.63, 3.8) is 0 Å². The topological polar surface area (TPSA) is 75.4 Å². The zero-order chi connectivity index (χ0) is 17.4. The number of nitrogens with two attached hydrogens (primary N) is 1. The molecule has 0 heterocycles. The van der Waals surface area contributed by atoms with Gasteiger partial charge in [0.25, 0.3) is 0 Å². The summed E-state index contributed by atoms with van der Waals surface area (Å²) in [4.78, 5) is 24.8. The number of unbranched alkanes of at least 4 members (excludes halogenated alkanes) is 1. The second kappa shape index (κ2) is 9.40. The molecule has 0 aliphatic heterocycles. The van der Waals surface area contributed by atoms with E-state index in [2.05, 4.69) is 19.2 Å². The van der Waals surface area contributed by atoms with E-state index in [1.807, 2.05) is 31.3 Å². The van der Waals surface area contributed by atoms with Crippen LogP contribution in [0.25, 0.3) is 0 Å². The largest absolute Gasteiger partial charge is 0.352 e. The average molecular weight is 340 g/mol. The molecule has 0 spiro atoms. The first kappa shape index (κ1) is 19.3. The normalized spacial score (nSPS) is 12.0. The van der Waals surface area contributed by atoms with E-state index in [-0.39, 0.29) is 17.9 Å². The van der Waals surface area contributed by atoms with Gasteiger partial charge in [0.05, 0.1) is 6.04 Å². The first-order valence-corrected chi connectivity index (χ1v) is 8.25. The molecule has 1 atom stereocenters. The molecule has 1 rings (SSSR count). The number of halogens is 1. The zero-order valence-electron chi connectivity index (χ0n) is 14.0. The lowest BCUT2D eigenvalue weighted by Crippen LogP contribution is -2.34. The minimum Gasteiger partial charge on any atom is -0.352 e. The molecule has 3 amide bonds. The number of hydrogen-bond acceptors (Lipinski definition) is 2. The first-order valence-electron chi connectivity index (χ1n) is 7.88. The molecule has 5 nitrogen and oxygen atoms in total. The molecular formula is C17H26ClN3O2. The van der Waals surface area contributed by atoms with E-state index in [4.69, 9.17) is 17.3 Å². The molecule has 0 bridgehead atoms. The number of rotatable bonds is 8. The monoisotopic (exact) mass is 339 g/mol. The van der Waals surface area contributed by atoms with Crippen molar-refractivity contribution in [1.82, 2.24) is 10.2 Å². The summed E-state index contributed by atoms with van der Waals surface area (Å²) in [6.45, 7) is 4.65. The third-order valence-corrected chi connectivity index (χ3v) is 4.13. The maximum atomic E-state index is 12.4. The number of urea groups is 1. The molecule has 0 radical (unpaired) electrons. The Labute approximate surface area is 143 Å². The van der Waals surface area contributed by atoms with Crippen molar-refractivity contribution in [3.05, 3.63) is 34.9 Å². The summed E-state index contributed by atoms with van der Waals surface area (Å²) >= 11 is 6.30. The molecule has 0 unspecified atom stereocenters. The van der Waals surface area contributed by atoms with E-state index < -0.39 is 6.03 Å². The van der Waals surface area contributed by atoms with Crippen LogP contribution in [0.5, 0.6) is 0 Å². The molecule has 128 valence electrons. The lowest BCUT2D eigenvalue weighted by molar-refractivity contribution is -0.133. The Morgan fingerprint density at radius 3 is 2.48 bits per heavy atom. The number of carbonyl (C=O) groups excluding carboxylic acids is 2. The van der Waals surface area contributed by atoms with Crippen molar-refractivity contribution in [2.24, 2.45) is 11.7 Å². The van der Waals surface area contributed by atoms with Crippen LogP contribution in [0.1, 0.15) is 44.7 Å². The predicted molar refractivity (Wildman–Crippen MR) is 93.2 cm³/mol. The van der Waals surface area contributed by atoms with Crippen LogP contribution in [0.2, 0.25) is 5.02 Å². The van der Waals surface area contributed by atoms with Crippen LogP contribution < -0.4 is 11.1 Å². The number of hydrogen-bond donors (Lipinski definition) is 2. The number of nitrogens with zero attached hydrogens (tertiary/aromatic N) is 1. The fourth-order valence-electron chi connectivity index (χ4n) is 2.67. The van der Waals surface area contributed by atoms with Gasteiger partial charge in [-0.2, -0.15) is 0 Å². The fraction of sp³-hybridized carbons (Fsp3) is 0.529. The molecule has 0 aliphatic rings. The Morgan fingerprint density at radius 2 is 1.91 bits per heavy atom. The third kappa shape index (κ3) is 6.10.